The van der Waals surface area contributed by atoms with Crippen LogP contribution in [0.3, 0.4) is 0 Å². The molecule has 1 saturated heterocycles. The summed E-state index contributed by atoms with van der Waals surface area (Å²) < 4.78 is 5.55. The quantitative estimate of drug-likeness (QED) is 0.449. The van der Waals surface area contributed by atoms with Crippen molar-refractivity contribution in [3.8, 4) is 0 Å². The molecule has 0 radical (unpaired) electrons. The van der Waals surface area contributed by atoms with E-state index in [1.165, 1.54) is 0 Å². The van der Waals surface area contributed by atoms with Gasteiger partial charge in [-0.05, 0) is 49.7 Å². The van der Waals surface area contributed by atoms with Gasteiger partial charge in [-0.2, -0.15) is 0 Å². The predicted octanol–water partition coefficient (Wildman–Crippen LogP) is 1.44. The highest BCUT2D eigenvalue weighted by atomic mass is 16.5. The minimum Gasteiger partial charge on any atom is -0.391 e. The van der Waals surface area contributed by atoms with E-state index in [2.05, 4.69) is 38.0 Å². The normalized spacial score (nSPS) is 23.7. The molecule has 0 spiro atoms. The van der Waals surface area contributed by atoms with Crippen LogP contribution in [0.4, 0.5) is 5.82 Å². The van der Waals surface area contributed by atoms with Gasteiger partial charge in [0.05, 0.1) is 31.8 Å². The molecule has 4 atom stereocenters. The monoisotopic (exact) mass is 475 g/mol. The van der Waals surface area contributed by atoms with E-state index < -0.39 is 17.9 Å². The van der Waals surface area contributed by atoms with Gasteiger partial charge in [0, 0.05) is 18.8 Å². The number of carbonyl (C=O) groups is 2. The van der Waals surface area contributed by atoms with Gasteiger partial charge in [0.1, 0.15) is 17.7 Å². The van der Waals surface area contributed by atoms with E-state index in [4.69, 9.17) is 4.74 Å². The lowest BCUT2D eigenvalue weighted by Crippen LogP contribution is -2.92. The minimum absolute atomic E-state index is 0.109. The summed E-state index contributed by atoms with van der Waals surface area (Å²) in [5.74, 6) is -0.231. The number of rotatable bonds is 11. The third-order valence-electron chi connectivity index (χ3n) is 6.78. The highest BCUT2D eigenvalue weighted by Crippen LogP contribution is 2.33. The number of hydrogen-bond acceptors (Lipinski definition) is 5. The largest absolute Gasteiger partial charge is 0.391 e. The maximum Gasteiger partial charge on any atom is 0.239 e. The Hall–Kier alpha value is -2.03. The second-order valence-electron chi connectivity index (χ2n) is 10.5. The molecule has 34 heavy (non-hydrogen) atoms. The molecule has 8 heteroatoms. The summed E-state index contributed by atoms with van der Waals surface area (Å²) in [5.41, 5.74) is 1.12. The zero-order valence-corrected chi connectivity index (χ0v) is 21.4. The third kappa shape index (κ3) is 6.77. The number of piperidine rings is 1. The molecule has 2 fully saturated rings. The van der Waals surface area contributed by atoms with E-state index >= 15 is 0 Å². The number of ether oxygens (including phenoxy) is 1. The number of aromatic nitrogens is 1. The Morgan fingerprint density at radius 1 is 1.21 bits per heavy atom. The number of aliphatic hydroxyl groups excluding tert-OH is 1. The molecule has 2 amide bonds. The van der Waals surface area contributed by atoms with Gasteiger partial charge < -0.3 is 20.5 Å². The molecule has 1 saturated carbocycles. The molecule has 0 unspecified atom stereocenters. The number of aliphatic hydroxyl groups is 1. The molecule has 190 valence electrons. The average molecular weight is 476 g/mol. The number of quaternary nitrogens is 1. The lowest BCUT2D eigenvalue weighted by atomic mass is 9.85. The number of pyridine rings is 1. The summed E-state index contributed by atoms with van der Waals surface area (Å²) in [5, 5.41) is 16.2. The number of nitrogens with one attached hydrogen (secondary N) is 1. The summed E-state index contributed by atoms with van der Waals surface area (Å²) in [6, 6.07) is 3.93. The fourth-order valence-corrected chi connectivity index (χ4v) is 4.70. The van der Waals surface area contributed by atoms with Gasteiger partial charge in [-0.15, -0.1) is 0 Å². The van der Waals surface area contributed by atoms with Gasteiger partial charge in [0.2, 0.25) is 11.8 Å². The first-order valence-electron chi connectivity index (χ1n) is 12.9. The van der Waals surface area contributed by atoms with Crippen LogP contribution in [0.5, 0.6) is 0 Å². The molecule has 1 aliphatic heterocycles. The summed E-state index contributed by atoms with van der Waals surface area (Å²) in [6.07, 6.45) is 3.47. The van der Waals surface area contributed by atoms with Crippen molar-refractivity contribution in [2.75, 3.05) is 31.2 Å². The Labute approximate surface area is 203 Å². The van der Waals surface area contributed by atoms with Crippen molar-refractivity contribution in [2.24, 2.45) is 17.8 Å². The van der Waals surface area contributed by atoms with Gasteiger partial charge in [-0.1, -0.05) is 33.8 Å². The van der Waals surface area contributed by atoms with Crippen LogP contribution in [0, 0.1) is 17.8 Å². The van der Waals surface area contributed by atoms with Gasteiger partial charge in [-0.3, -0.25) is 14.5 Å². The SMILES string of the molecule is CCOC[C@@H](CC(C)C)NC(=O)[C@@H]1C[NH2+]C[C@H](C(=O)N(c2ccc(C(C)C)cn2)C2CC2)[C@@H]1O. The second kappa shape index (κ2) is 12.1. The molecule has 3 rings (SSSR count). The van der Waals surface area contributed by atoms with Crippen molar-refractivity contribution < 1.29 is 24.7 Å². The van der Waals surface area contributed by atoms with Crippen LogP contribution in [0.1, 0.15) is 65.4 Å². The lowest BCUT2D eigenvalue weighted by molar-refractivity contribution is -0.674. The third-order valence-corrected chi connectivity index (χ3v) is 6.78. The van der Waals surface area contributed by atoms with Crippen LogP contribution < -0.4 is 15.5 Å². The fourth-order valence-electron chi connectivity index (χ4n) is 4.70. The van der Waals surface area contributed by atoms with E-state index in [0.29, 0.717) is 44.0 Å². The van der Waals surface area contributed by atoms with Crippen LogP contribution in [0.15, 0.2) is 18.3 Å². The van der Waals surface area contributed by atoms with E-state index in [-0.39, 0.29) is 23.9 Å². The number of anilines is 1. The van der Waals surface area contributed by atoms with Crippen molar-refractivity contribution in [1.82, 2.24) is 10.3 Å². The zero-order chi connectivity index (χ0) is 24.8. The maximum absolute atomic E-state index is 13.6. The van der Waals surface area contributed by atoms with Gasteiger partial charge in [-0.25, -0.2) is 4.98 Å². The van der Waals surface area contributed by atoms with Crippen molar-refractivity contribution in [3.05, 3.63) is 23.9 Å². The number of amides is 2. The van der Waals surface area contributed by atoms with E-state index in [0.717, 1.165) is 24.8 Å². The van der Waals surface area contributed by atoms with Crippen molar-refractivity contribution in [1.29, 1.82) is 0 Å². The summed E-state index contributed by atoms with van der Waals surface area (Å²) in [7, 11) is 0. The van der Waals surface area contributed by atoms with Crippen LogP contribution in [0.25, 0.3) is 0 Å². The molecule has 2 heterocycles. The molecular formula is C26H43N4O4+. The average Bonchev–Trinajstić information content (AvgIpc) is 3.62. The first-order chi connectivity index (χ1) is 16.2. The highest BCUT2D eigenvalue weighted by molar-refractivity contribution is 5.96. The molecule has 4 N–H and O–H groups in total. The zero-order valence-electron chi connectivity index (χ0n) is 21.4. The van der Waals surface area contributed by atoms with Crippen LogP contribution in [-0.2, 0) is 14.3 Å². The van der Waals surface area contributed by atoms with Crippen molar-refractivity contribution >= 4 is 17.6 Å². The first kappa shape index (κ1) is 26.6. The highest BCUT2D eigenvalue weighted by Gasteiger charge is 2.47. The Morgan fingerprint density at radius 2 is 1.91 bits per heavy atom. The summed E-state index contributed by atoms with van der Waals surface area (Å²) in [4.78, 5) is 33.1. The molecule has 8 nitrogen and oxygen atoms in total. The first-order valence-corrected chi connectivity index (χ1v) is 12.9. The van der Waals surface area contributed by atoms with Gasteiger partial charge >= 0.3 is 0 Å². The predicted molar refractivity (Wildman–Crippen MR) is 131 cm³/mol. The van der Waals surface area contributed by atoms with Gasteiger partial charge in [0.15, 0.2) is 0 Å². The molecular weight excluding hydrogens is 432 g/mol. The van der Waals surface area contributed by atoms with Gasteiger partial charge in [0.25, 0.3) is 0 Å². The standard InChI is InChI=1S/C26H42N4O4/c1-6-34-15-19(11-16(2)3)29-25(32)21-13-27-14-22(24(21)31)26(33)30(20-8-9-20)23-10-7-18(12-28-23)17(4)5/h7,10,12,16-17,19-22,24,27,31H,6,8-9,11,13-15H2,1-5H3,(H,29,32)/p+1/t19-,21-,22+,24-/m1/s1. The lowest BCUT2D eigenvalue weighted by Gasteiger charge is -2.35. The Kier molecular flexibility index (Phi) is 9.45. The smallest absolute Gasteiger partial charge is 0.239 e. The molecule has 2 aliphatic rings. The molecule has 0 aromatic carbocycles. The van der Waals surface area contributed by atoms with Crippen LogP contribution in [-0.4, -0.2) is 66.4 Å². The van der Waals surface area contributed by atoms with Crippen molar-refractivity contribution in [3.63, 3.8) is 0 Å². The van der Waals surface area contributed by atoms with Crippen LogP contribution in [0.2, 0.25) is 0 Å². The van der Waals surface area contributed by atoms with Crippen LogP contribution >= 0.6 is 0 Å². The number of carbonyl (C=O) groups excluding carboxylic acids is 2. The molecule has 1 aliphatic carbocycles. The fraction of sp³-hybridized carbons (Fsp3) is 0.731. The maximum atomic E-state index is 13.6. The van der Waals surface area contributed by atoms with E-state index in [1.54, 1.807) is 4.90 Å². The van der Waals surface area contributed by atoms with Crippen molar-refractivity contribution in [2.45, 2.75) is 78.0 Å². The number of nitrogens with zero attached hydrogens (tertiary/aromatic N) is 2. The summed E-state index contributed by atoms with van der Waals surface area (Å²) >= 11 is 0. The molecule has 0 bridgehead atoms. The van der Waals surface area contributed by atoms with E-state index in [1.807, 2.05) is 30.6 Å². The van der Waals surface area contributed by atoms with E-state index in [9.17, 15) is 14.7 Å². The minimum atomic E-state index is -1.03. The summed E-state index contributed by atoms with van der Waals surface area (Å²) in [6.45, 7) is 12.3. The molecule has 1 aromatic rings. The second-order valence-corrected chi connectivity index (χ2v) is 10.5. The Bertz CT molecular complexity index is 810. The topological polar surface area (TPSA) is 108 Å². The molecule has 1 aromatic heterocycles. The Balaban J connectivity index is 1.71. The number of hydrogen-bond donors (Lipinski definition) is 3. The Morgan fingerprint density at radius 3 is 2.47 bits per heavy atom. The number of nitrogens with two attached hydrogens (primary N) is 1.